The Kier molecular flexibility index (Phi) is 5.31. The number of nitrogens with zero attached hydrogens (tertiary/aromatic N) is 1. The van der Waals surface area contributed by atoms with Crippen LogP contribution in [0.1, 0.15) is 40.2 Å². The van der Waals surface area contributed by atoms with Crippen molar-refractivity contribution in [1.29, 1.82) is 0 Å². The molecule has 0 bridgehead atoms. The number of rotatable bonds is 5. The molecule has 0 atom stereocenters. The zero-order chi connectivity index (χ0) is 17.4. The second kappa shape index (κ2) is 6.60. The van der Waals surface area contributed by atoms with E-state index in [2.05, 4.69) is 52.7 Å². The summed E-state index contributed by atoms with van der Waals surface area (Å²) in [6.45, 7) is 10.2. The number of hydrogen-bond donors (Lipinski definition) is 0. The molecular formula is C18H26BrNO2S. The van der Waals surface area contributed by atoms with Gasteiger partial charge in [0, 0.05) is 28.1 Å². The lowest BCUT2D eigenvalue weighted by atomic mass is 10.0. The van der Waals surface area contributed by atoms with Crippen LogP contribution in [0.3, 0.4) is 0 Å². The lowest BCUT2D eigenvalue weighted by Gasteiger charge is -2.19. The molecule has 128 valence electrons. The SMILES string of the molecule is CC(C)Cc1cn(CCS(=O)(=O)C(C)(C)C)c2ccc(Br)cc12. The Bertz CT molecular complexity index is 798. The third kappa shape index (κ3) is 4.18. The molecule has 1 aromatic carbocycles. The predicted molar refractivity (Wildman–Crippen MR) is 102 cm³/mol. The quantitative estimate of drug-likeness (QED) is 0.722. The number of hydrogen-bond acceptors (Lipinski definition) is 2. The number of aromatic nitrogens is 1. The van der Waals surface area contributed by atoms with E-state index in [0.717, 1.165) is 16.4 Å². The predicted octanol–water partition coefficient (Wildman–Crippen LogP) is 4.82. The number of aryl methyl sites for hydroxylation is 1. The zero-order valence-corrected chi connectivity index (χ0v) is 17.0. The van der Waals surface area contributed by atoms with Gasteiger partial charge in [0.2, 0.25) is 0 Å². The second-order valence-corrected chi connectivity index (χ2v) is 11.3. The van der Waals surface area contributed by atoms with Crippen molar-refractivity contribution in [1.82, 2.24) is 4.57 Å². The molecule has 2 aromatic rings. The molecule has 5 heteroatoms. The summed E-state index contributed by atoms with van der Waals surface area (Å²) in [6.07, 6.45) is 3.11. The molecule has 0 radical (unpaired) electrons. The maximum absolute atomic E-state index is 12.4. The Morgan fingerprint density at radius 3 is 2.43 bits per heavy atom. The summed E-state index contributed by atoms with van der Waals surface area (Å²) < 4.78 is 27.2. The van der Waals surface area contributed by atoms with Crippen LogP contribution >= 0.6 is 15.9 Å². The molecule has 0 N–H and O–H groups in total. The Labute approximate surface area is 148 Å². The van der Waals surface area contributed by atoms with Crippen molar-refractivity contribution in [2.75, 3.05) is 5.75 Å². The topological polar surface area (TPSA) is 39.1 Å². The standard InChI is InChI=1S/C18H26BrNO2S/c1-13(2)10-14-12-20(8-9-23(21,22)18(3,4)5)17-7-6-15(19)11-16(14)17/h6-7,11-13H,8-10H2,1-5H3. The lowest BCUT2D eigenvalue weighted by molar-refractivity contribution is 0.554. The van der Waals surface area contributed by atoms with E-state index in [1.54, 1.807) is 20.8 Å². The van der Waals surface area contributed by atoms with Gasteiger partial charge in [-0.3, -0.25) is 0 Å². The molecule has 0 fully saturated rings. The normalized spacial score (nSPS) is 13.2. The largest absolute Gasteiger partial charge is 0.346 e. The highest BCUT2D eigenvalue weighted by Gasteiger charge is 2.28. The highest BCUT2D eigenvalue weighted by molar-refractivity contribution is 9.10. The Hall–Kier alpha value is -0.810. The van der Waals surface area contributed by atoms with Crippen LogP contribution in [0.15, 0.2) is 28.9 Å². The van der Waals surface area contributed by atoms with Gasteiger partial charge in [-0.25, -0.2) is 8.42 Å². The maximum atomic E-state index is 12.4. The van der Waals surface area contributed by atoms with Gasteiger partial charge in [0.15, 0.2) is 9.84 Å². The van der Waals surface area contributed by atoms with Gasteiger partial charge < -0.3 is 4.57 Å². The molecule has 0 aliphatic rings. The fourth-order valence-corrected chi connectivity index (χ4v) is 4.07. The molecule has 1 aromatic heterocycles. The van der Waals surface area contributed by atoms with Gasteiger partial charge >= 0.3 is 0 Å². The molecule has 0 saturated carbocycles. The van der Waals surface area contributed by atoms with Gasteiger partial charge in [-0.15, -0.1) is 0 Å². The van der Waals surface area contributed by atoms with Gasteiger partial charge in [0.05, 0.1) is 10.5 Å². The van der Waals surface area contributed by atoms with Crippen LogP contribution in [-0.4, -0.2) is 23.5 Å². The fraction of sp³-hybridized carbons (Fsp3) is 0.556. The monoisotopic (exact) mass is 399 g/mol. The van der Waals surface area contributed by atoms with E-state index in [-0.39, 0.29) is 5.75 Å². The number of sulfone groups is 1. The van der Waals surface area contributed by atoms with Crippen molar-refractivity contribution in [3.8, 4) is 0 Å². The number of benzene rings is 1. The van der Waals surface area contributed by atoms with Crippen molar-refractivity contribution in [2.24, 2.45) is 5.92 Å². The number of fused-ring (bicyclic) bond motifs is 1. The minimum absolute atomic E-state index is 0.164. The molecule has 0 saturated heterocycles. The maximum Gasteiger partial charge on any atom is 0.156 e. The fourth-order valence-electron chi connectivity index (χ4n) is 2.66. The first-order valence-corrected chi connectivity index (χ1v) is 10.5. The Balaban J connectivity index is 2.38. The van der Waals surface area contributed by atoms with E-state index < -0.39 is 14.6 Å². The van der Waals surface area contributed by atoms with Gasteiger partial charge in [0.25, 0.3) is 0 Å². The van der Waals surface area contributed by atoms with Crippen LogP contribution < -0.4 is 0 Å². The lowest BCUT2D eigenvalue weighted by Crippen LogP contribution is -2.31. The van der Waals surface area contributed by atoms with Crippen LogP contribution in [0.25, 0.3) is 10.9 Å². The average molecular weight is 400 g/mol. The van der Waals surface area contributed by atoms with Crippen molar-refractivity contribution < 1.29 is 8.42 Å². The summed E-state index contributed by atoms with van der Waals surface area (Å²) >= 11 is 3.53. The molecule has 0 unspecified atom stereocenters. The van der Waals surface area contributed by atoms with Crippen molar-refractivity contribution in [2.45, 2.75) is 52.3 Å². The molecular weight excluding hydrogens is 374 g/mol. The van der Waals surface area contributed by atoms with Crippen LogP contribution in [-0.2, 0) is 22.8 Å². The molecule has 0 spiro atoms. The summed E-state index contributed by atoms with van der Waals surface area (Å²) in [5.41, 5.74) is 2.39. The van der Waals surface area contributed by atoms with Gasteiger partial charge in [-0.2, -0.15) is 0 Å². The van der Waals surface area contributed by atoms with E-state index in [0.29, 0.717) is 12.5 Å². The third-order valence-corrected chi connectivity index (χ3v) is 7.17. The van der Waals surface area contributed by atoms with Crippen LogP contribution in [0.2, 0.25) is 0 Å². The summed E-state index contributed by atoms with van der Waals surface area (Å²) in [6, 6.07) is 6.20. The first-order valence-electron chi connectivity index (χ1n) is 8.01. The molecule has 2 rings (SSSR count). The molecule has 23 heavy (non-hydrogen) atoms. The minimum atomic E-state index is -3.12. The average Bonchev–Trinajstić information content (AvgIpc) is 2.72. The molecule has 0 aliphatic carbocycles. The van der Waals surface area contributed by atoms with E-state index in [9.17, 15) is 8.42 Å². The van der Waals surface area contributed by atoms with Gasteiger partial charge in [-0.05, 0) is 56.9 Å². The third-order valence-electron chi connectivity index (χ3n) is 4.09. The van der Waals surface area contributed by atoms with E-state index in [4.69, 9.17) is 0 Å². The van der Waals surface area contributed by atoms with Crippen molar-refractivity contribution >= 4 is 36.7 Å². The number of halogens is 1. The smallest absolute Gasteiger partial charge is 0.156 e. The molecule has 0 aliphatic heterocycles. The van der Waals surface area contributed by atoms with Gasteiger partial charge in [0.1, 0.15) is 0 Å². The summed E-state index contributed by atoms with van der Waals surface area (Å²) in [4.78, 5) is 0. The van der Waals surface area contributed by atoms with Gasteiger partial charge in [-0.1, -0.05) is 29.8 Å². The molecule has 1 heterocycles. The Morgan fingerprint density at radius 2 is 1.87 bits per heavy atom. The highest BCUT2D eigenvalue weighted by Crippen LogP contribution is 2.27. The van der Waals surface area contributed by atoms with Crippen molar-refractivity contribution in [3.63, 3.8) is 0 Å². The van der Waals surface area contributed by atoms with Crippen LogP contribution in [0.4, 0.5) is 0 Å². The van der Waals surface area contributed by atoms with E-state index in [1.807, 2.05) is 6.07 Å². The summed E-state index contributed by atoms with van der Waals surface area (Å²) in [7, 11) is -3.12. The van der Waals surface area contributed by atoms with E-state index in [1.165, 1.54) is 10.9 Å². The molecule has 3 nitrogen and oxygen atoms in total. The summed E-state index contributed by atoms with van der Waals surface area (Å²) in [5.74, 6) is 0.726. The van der Waals surface area contributed by atoms with Crippen LogP contribution in [0, 0.1) is 5.92 Å². The second-order valence-electron chi connectivity index (χ2n) is 7.54. The first kappa shape index (κ1) is 18.5. The molecule has 0 amide bonds. The highest BCUT2D eigenvalue weighted by atomic mass is 79.9. The van der Waals surface area contributed by atoms with Crippen LogP contribution in [0.5, 0.6) is 0 Å². The Morgan fingerprint density at radius 1 is 1.22 bits per heavy atom. The summed E-state index contributed by atoms with van der Waals surface area (Å²) in [5, 5.41) is 1.21. The first-order chi connectivity index (χ1) is 10.5. The van der Waals surface area contributed by atoms with E-state index >= 15 is 0 Å². The van der Waals surface area contributed by atoms with Crippen molar-refractivity contribution in [3.05, 3.63) is 34.4 Å². The zero-order valence-electron chi connectivity index (χ0n) is 14.6. The minimum Gasteiger partial charge on any atom is -0.346 e.